The van der Waals surface area contributed by atoms with Gasteiger partial charge in [0.1, 0.15) is 11.6 Å². The third-order valence-electron chi connectivity index (χ3n) is 5.53. The van der Waals surface area contributed by atoms with Gasteiger partial charge in [-0.25, -0.2) is 9.37 Å². The standard InChI is InChI=1S/C17H20ClFN2/c1-10-4-16-15(7-14(10)19)20-17(8-18)21(16)9-13-6-11-2-3-12(13)5-11/h4,7,11-13H,2-3,5-6,8-9H2,1H3. The third-order valence-corrected chi connectivity index (χ3v) is 5.77. The molecule has 0 aliphatic heterocycles. The number of imidazole rings is 1. The van der Waals surface area contributed by atoms with Crippen LogP contribution in [-0.4, -0.2) is 9.55 Å². The molecule has 0 saturated heterocycles. The summed E-state index contributed by atoms with van der Waals surface area (Å²) in [7, 11) is 0. The Kier molecular flexibility index (Phi) is 3.21. The molecule has 1 heterocycles. The van der Waals surface area contributed by atoms with Crippen LogP contribution >= 0.6 is 11.6 Å². The van der Waals surface area contributed by atoms with Crippen molar-refractivity contribution in [1.82, 2.24) is 9.55 Å². The van der Waals surface area contributed by atoms with Crippen molar-refractivity contribution in [1.29, 1.82) is 0 Å². The van der Waals surface area contributed by atoms with E-state index in [-0.39, 0.29) is 5.82 Å². The number of alkyl halides is 1. The average molecular weight is 307 g/mol. The van der Waals surface area contributed by atoms with Crippen molar-refractivity contribution >= 4 is 22.6 Å². The van der Waals surface area contributed by atoms with Crippen molar-refractivity contribution in [3.05, 3.63) is 29.3 Å². The van der Waals surface area contributed by atoms with Crippen molar-refractivity contribution in [2.75, 3.05) is 0 Å². The molecule has 2 aromatic rings. The summed E-state index contributed by atoms with van der Waals surface area (Å²) < 4.78 is 16.0. The van der Waals surface area contributed by atoms with Gasteiger partial charge in [-0.15, -0.1) is 11.6 Å². The smallest absolute Gasteiger partial charge is 0.128 e. The Balaban J connectivity index is 1.74. The largest absolute Gasteiger partial charge is 0.327 e. The van der Waals surface area contributed by atoms with Crippen LogP contribution in [0.3, 0.4) is 0 Å². The molecule has 2 aliphatic rings. The number of aromatic nitrogens is 2. The van der Waals surface area contributed by atoms with E-state index in [0.717, 1.165) is 41.2 Å². The Hall–Kier alpha value is -1.09. The summed E-state index contributed by atoms with van der Waals surface area (Å²) >= 11 is 6.07. The summed E-state index contributed by atoms with van der Waals surface area (Å²) in [5, 5.41) is 0. The average Bonchev–Trinajstić information content (AvgIpc) is 3.15. The second kappa shape index (κ2) is 4.98. The van der Waals surface area contributed by atoms with Gasteiger partial charge in [0.2, 0.25) is 0 Å². The predicted octanol–water partition coefficient (Wildman–Crippen LogP) is 4.66. The van der Waals surface area contributed by atoms with E-state index in [1.165, 1.54) is 31.7 Å². The molecule has 2 bridgehead atoms. The van der Waals surface area contributed by atoms with Crippen LogP contribution < -0.4 is 0 Å². The Morgan fingerprint density at radius 3 is 2.86 bits per heavy atom. The van der Waals surface area contributed by atoms with Crippen molar-refractivity contribution in [2.24, 2.45) is 17.8 Å². The van der Waals surface area contributed by atoms with E-state index in [4.69, 9.17) is 11.6 Å². The van der Waals surface area contributed by atoms with E-state index in [2.05, 4.69) is 9.55 Å². The first-order chi connectivity index (χ1) is 10.2. The molecule has 0 spiro atoms. The lowest BCUT2D eigenvalue weighted by molar-refractivity contribution is 0.296. The minimum Gasteiger partial charge on any atom is -0.327 e. The van der Waals surface area contributed by atoms with E-state index in [9.17, 15) is 4.39 Å². The Morgan fingerprint density at radius 2 is 2.19 bits per heavy atom. The normalized spacial score (nSPS) is 27.9. The molecule has 4 heteroatoms. The molecule has 2 nitrogen and oxygen atoms in total. The van der Waals surface area contributed by atoms with Crippen LogP contribution in [0.4, 0.5) is 4.39 Å². The van der Waals surface area contributed by atoms with Gasteiger partial charge in [0.25, 0.3) is 0 Å². The number of rotatable bonds is 3. The topological polar surface area (TPSA) is 17.8 Å². The van der Waals surface area contributed by atoms with Crippen LogP contribution in [0.25, 0.3) is 11.0 Å². The van der Waals surface area contributed by atoms with E-state index in [1.54, 1.807) is 0 Å². The van der Waals surface area contributed by atoms with Gasteiger partial charge < -0.3 is 4.57 Å². The highest BCUT2D eigenvalue weighted by Gasteiger charge is 2.39. The van der Waals surface area contributed by atoms with Crippen molar-refractivity contribution in [3.8, 4) is 0 Å². The molecule has 3 unspecified atom stereocenters. The van der Waals surface area contributed by atoms with Gasteiger partial charge in [0.15, 0.2) is 0 Å². The van der Waals surface area contributed by atoms with Gasteiger partial charge in [-0.2, -0.15) is 0 Å². The number of nitrogens with zero attached hydrogens (tertiary/aromatic N) is 2. The first-order valence-electron chi connectivity index (χ1n) is 7.87. The van der Waals surface area contributed by atoms with Gasteiger partial charge >= 0.3 is 0 Å². The quantitative estimate of drug-likeness (QED) is 0.754. The molecule has 2 fully saturated rings. The minimum atomic E-state index is -0.187. The molecule has 112 valence electrons. The Bertz CT molecular complexity index is 694. The van der Waals surface area contributed by atoms with Crippen molar-refractivity contribution in [2.45, 2.75) is 45.0 Å². The van der Waals surface area contributed by atoms with Crippen LogP contribution in [0.1, 0.15) is 37.1 Å². The lowest BCUT2D eigenvalue weighted by Gasteiger charge is -2.23. The minimum absolute atomic E-state index is 0.187. The molecule has 21 heavy (non-hydrogen) atoms. The predicted molar refractivity (Wildman–Crippen MR) is 82.9 cm³/mol. The van der Waals surface area contributed by atoms with Crippen LogP contribution in [0, 0.1) is 30.5 Å². The number of aryl methyl sites for hydroxylation is 1. The lowest BCUT2D eigenvalue weighted by atomic mass is 9.89. The Morgan fingerprint density at radius 1 is 1.33 bits per heavy atom. The van der Waals surface area contributed by atoms with Crippen LogP contribution in [0.2, 0.25) is 0 Å². The summed E-state index contributed by atoms with van der Waals surface area (Å²) in [5.41, 5.74) is 2.45. The highest BCUT2D eigenvalue weighted by Crippen LogP contribution is 2.49. The summed E-state index contributed by atoms with van der Waals surface area (Å²) in [6.45, 7) is 2.80. The zero-order chi connectivity index (χ0) is 14.6. The van der Waals surface area contributed by atoms with Gasteiger partial charge in [-0.05, 0) is 55.6 Å². The zero-order valence-corrected chi connectivity index (χ0v) is 13.0. The number of fused-ring (bicyclic) bond motifs is 3. The van der Waals surface area contributed by atoms with Crippen LogP contribution in [0.15, 0.2) is 12.1 Å². The summed E-state index contributed by atoms with van der Waals surface area (Å²) in [6.07, 6.45) is 5.54. The maximum absolute atomic E-state index is 13.7. The summed E-state index contributed by atoms with van der Waals surface area (Å²) in [4.78, 5) is 4.53. The molecule has 0 N–H and O–H groups in total. The fraction of sp³-hybridized carbons (Fsp3) is 0.588. The first-order valence-corrected chi connectivity index (χ1v) is 8.40. The summed E-state index contributed by atoms with van der Waals surface area (Å²) in [6, 6.07) is 3.46. The molecule has 1 aromatic carbocycles. The number of hydrogen-bond donors (Lipinski definition) is 0. The number of hydrogen-bond acceptors (Lipinski definition) is 1. The summed E-state index contributed by atoms with van der Waals surface area (Å²) in [5.74, 6) is 3.63. The monoisotopic (exact) mass is 306 g/mol. The van der Waals surface area contributed by atoms with E-state index in [0.29, 0.717) is 11.4 Å². The van der Waals surface area contributed by atoms with Crippen molar-refractivity contribution in [3.63, 3.8) is 0 Å². The maximum atomic E-state index is 13.7. The van der Waals surface area contributed by atoms with Crippen molar-refractivity contribution < 1.29 is 4.39 Å². The number of halogens is 2. The molecular formula is C17H20ClFN2. The van der Waals surface area contributed by atoms with Gasteiger partial charge in [-0.1, -0.05) is 6.42 Å². The van der Waals surface area contributed by atoms with Gasteiger partial charge in [0, 0.05) is 12.6 Å². The fourth-order valence-corrected chi connectivity index (χ4v) is 4.64. The molecule has 3 atom stereocenters. The third kappa shape index (κ3) is 2.17. The molecule has 2 aliphatic carbocycles. The van der Waals surface area contributed by atoms with Gasteiger partial charge in [0.05, 0.1) is 16.9 Å². The molecule has 1 aromatic heterocycles. The van der Waals surface area contributed by atoms with E-state index in [1.807, 2.05) is 13.0 Å². The highest BCUT2D eigenvalue weighted by molar-refractivity contribution is 6.16. The first kappa shape index (κ1) is 13.6. The maximum Gasteiger partial charge on any atom is 0.128 e. The number of benzene rings is 1. The van der Waals surface area contributed by atoms with Crippen LogP contribution in [0.5, 0.6) is 0 Å². The Labute approximate surface area is 129 Å². The molecule has 0 radical (unpaired) electrons. The zero-order valence-electron chi connectivity index (χ0n) is 12.3. The highest BCUT2D eigenvalue weighted by atomic mass is 35.5. The van der Waals surface area contributed by atoms with E-state index >= 15 is 0 Å². The second-order valence-electron chi connectivity index (χ2n) is 6.80. The van der Waals surface area contributed by atoms with E-state index < -0.39 is 0 Å². The fourth-order valence-electron chi connectivity index (χ4n) is 4.44. The van der Waals surface area contributed by atoms with Gasteiger partial charge in [-0.3, -0.25) is 0 Å². The molecule has 0 amide bonds. The SMILES string of the molecule is Cc1cc2c(cc1F)nc(CCl)n2CC1CC2CCC1C2. The molecule has 2 saturated carbocycles. The lowest BCUT2D eigenvalue weighted by Crippen LogP contribution is -2.18. The second-order valence-corrected chi connectivity index (χ2v) is 7.06. The molecular weight excluding hydrogens is 287 g/mol. The van der Waals surface area contributed by atoms with Crippen LogP contribution in [-0.2, 0) is 12.4 Å². The molecule has 4 rings (SSSR count).